The fraction of sp³-hybridized carbons (Fsp3) is 0.0606. The van der Waals surface area contributed by atoms with Crippen molar-refractivity contribution < 1.29 is 0 Å². The molecule has 6 aliphatic rings. The molecule has 134 heavy (non-hydrogen) atoms. The zero-order valence-electron chi connectivity index (χ0n) is 75.3. The first-order valence-corrected chi connectivity index (χ1v) is 46.9. The zero-order chi connectivity index (χ0) is 89.7. The molecule has 0 saturated heterocycles. The minimum absolute atomic E-state index is 0.127. The molecule has 0 aromatic heterocycles. The fourth-order valence-corrected chi connectivity index (χ4v) is 24.0. The molecule has 2 heteroatoms. The second-order valence-corrected chi connectivity index (χ2v) is 37.7. The summed E-state index contributed by atoms with van der Waals surface area (Å²) in [6.07, 6.45) is 3.94. The number of anilines is 6. The van der Waals surface area contributed by atoms with Gasteiger partial charge in [-0.15, -0.1) is 0 Å². The maximum Gasteiger partial charge on any atom is 0.0725 e. The molecule has 0 N–H and O–H groups in total. The van der Waals surface area contributed by atoms with Crippen molar-refractivity contribution in [2.75, 3.05) is 9.80 Å². The van der Waals surface area contributed by atoms with Gasteiger partial charge in [0.05, 0.1) is 16.5 Å². The summed E-state index contributed by atoms with van der Waals surface area (Å²) in [4.78, 5) is 4.92. The molecular weight excluding hydrogens is 1610 g/mol. The van der Waals surface area contributed by atoms with E-state index in [1.807, 2.05) is 12.2 Å². The van der Waals surface area contributed by atoms with E-state index in [1.54, 1.807) is 0 Å². The van der Waals surface area contributed by atoms with Gasteiger partial charge in [0.1, 0.15) is 0 Å². The van der Waals surface area contributed by atoms with Gasteiger partial charge >= 0.3 is 0 Å². The van der Waals surface area contributed by atoms with Gasteiger partial charge in [0, 0.05) is 44.8 Å². The third-order valence-electron chi connectivity index (χ3n) is 30.2. The second-order valence-electron chi connectivity index (χ2n) is 37.7. The van der Waals surface area contributed by atoms with Crippen LogP contribution in [-0.2, 0) is 21.7 Å². The molecule has 0 heterocycles. The summed E-state index contributed by atoms with van der Waals surface area (Å²) in [6, 6.07) is 172. The topological polar surface area (TPSA) is 6.48 Å². The predicted octanol–water partition coefficient (Wildman–Crippen LogP) is 34.9. The number of benzene rings is 20. The summed E-state index contributed by atoms with van der Waals surface area (Å²) >= 11 is 0. The molecule has 0 bridgehead atoms. The maximum atomic E-state index is 4.19. The first kappa shape index (κ1) is 79.6. The number of hydrogen-bond donors (Lipinski definition) is 0. The third-order valence-corrected chi connectivity index (χ3v) is 30.2. The smallest absolute Gasteiger partial charge is 0.0725 e. The highest BCUT2D eigenvalue weighted by molar-refractivity contribution is 6.02. The van der Waals surface area contributed by atoms with Gasteiger partial charge in [0.15, 0.2) is 0 Å². The van der Waals surface area contributed by atoms with Gasteiger partial charge in [0.25, 0.3) is 0 Å². The van der Waals surface area contributed by atoms with Gasteiger partial charge in [-0.3, -0.25) is 0 Å². The number of nitrogens with zero attached hydrogens (tertiary/aromatic N) is 2. The molecule has 0 aliphatic heterocycles. The average Bonchev–Trinajstić information content (AvgIpc) is 1.51. The van der Waals surface area contributed by atoms with Gasteiger partial charge in [-0.25, -0.2) is 0 Å². The van der Waals surface area contributed by atoms with Crippen molar-refractivity contribution in [2.45, 2.75) is 49.4 Å². The Morgan fingerprint density at radius 3 is 0.828 bits per heavy atom. The maximum absolute atomic E-state index is 4.19. The van der Waals surface area contributed by atoms with Crippen molar-refractivity contribution in [3.8, 4) is 134 Å². The number of fused-ring (bicyclic) bond motifs is 26. The van der Waals surface area contributed by atoms with Crippen molar-refractivity contribution in [1.29, 1.82) is 0 Å². The molecule has 2 atom stereocenters. The summed E-state index contributed by atoms with van der Waals surface area (Å²) in [5.74, 6) is 0. The Hall–Kier alpha value is -16.5. The quantitative estimate of drug-likeness (QED) is 0.107. The Morgan fingerprint density at radius 2 is 0.418 bits per heavy atom. The van der Waals surface area contributed by atoms with E-state index in [0.717, 1.165) is 45.3 Å². The van der Waals surface area contributed by atoms with E-state index < -0.39 is 10.8 Å². The summed E-state index contributed by atoms with van der Waals surface area (Å²) in [5.41, 5.74) is 53.7. The van der Waals surface area contributed by atoms with Crippen LogP contribution >= 0.6 is 0 Å². The van der Waals surface area contributed by atoms with Gasteiger partial charge in [-0.1, -0.05) is 423 Å². The lowest BCUT2D eigenvalue weighted by Gasteiger charge is -2.32. The van der Waals surface area contributed by atoms with Crippen molar-refractivity contribution >= 4 is 46.3 Å². The molecule has 0 saturated carbocycles. The summed E-state index contributed by atoms with van der Waals surface area (Å²) in [5, 5.41) is 0. The minimum atomic E-state index is -0.518. The zero-order valence-corrected chi connectivity index (χ0v) is 75.3. The Bertz CT molecular complexity index is 8200. The van der Waals surface area contributed by atoms with E-state index in [1.165, 1.54) is 200 Å². The Balaban J connectivity index is 0.000000143. The monoisotopic (exact) mass is 1710 g/mol. The van der Waals surface area contributed by atoms with Gasteiger partial charge < -0.3 is 9.80 Å². The van der Waals surface area contributed by atoms with Crippen LogP contribution in [0.4, 0.5) is 34.1 Å². The molecule has 20 aromatic rings. The van der Waals surface area contributed by atoms with Crippen molar-refractivity contribution in [1.82, 2.24) is 0 Å². The molecule has 0 fully saturated rings. The lowest BCUT2D eigenvalue weighted by Crippen LogP contribution is -2.26. The van der Waals surface area contributed by atoms with Gasteiger partial charge in [0.2, 0.25) is 0 Å². The molecule has 0 radical (unpaired) electrons. The van der Waals surface area contributed by atoms with Crippen LogP contribution in [-0.4, -0.2) is 0 Å². The Labute approximate surface area is 785 Å². The molecule has 20 aromatic carbocycles. The van der Waals surface area contributed by atoms with Crippen LogP contribution in [0.3, 0.4) is 0 Å². The standard InChI is InChI=1S/2C66H47N/c1-4-43-18-8-9-21-50(43)46-32-37-56-53-24-11-15-27-59(53)66(62(56)40-46)60-28-16-12-25-54(60)57-38-33-47(41-63(57)66)51-22-13-17-29-64(51)67(48-34-30-45(31-35-48)44-19-6-5-7-20-44)49-36-39-55-52-23-10-14-26-58(52)65(2,3)61(55)42-49;1-4-43-17-8-9-22-52(43)48-32-37-58-55-25-12-15-28-61(55)66(64(58)41-48)60-27-14-11-24-54(60)57-36-31-47(40-63(57)66)46-20-16-21-50(39-46)67(49-33-29-45(30-34-49)44-18-6-5-7-19-44)51-35-38-56-53-23-10-13-26-59(53)65(2,3)62(56)42-51/h2*4-42H,1H2,2-3H3. The molecule has 2 nitrogen and oxygen atoms in total. The van der Waals surface area contributed by atoms with Crippen LogP contribution in [0.1, 0.15) is 106 Å². The van der Waals surface area contributed by atoms with Crippen LogP contribution in [0.5, 0.6) is 0 Å². The van der Waals surface area contributed by atoms with E-state index in [9.17, 15) is 0 Å². The van der Waals surface area contributed by atoms with Crippen LogP contribution < -0.4 is 9.80 Å². The molecule has 0 amide bonds. The minimum Gasteiger partial charge on any atom is -0.310 e. The fourth-order valence-electron chi connectivity index (χ4n) is 24.0. The Kier molecular flexibility index (Phi) is 18.5. The van der Waals surface area contributed by atoms with Crippen molar-refractivity contribution in [2.24, 2.45) is 0 Å². The molecule has 632 valence electrons. The highest BCUT2D eigenvalue weighted by Crippen LogP contribution is 2.67. The third kappa shape index (κ3) is 12.0. The lowest BCUT2D eigenvalue weighted by atomic mass is 9.70. The SMILES string of the molecule is C=Cc1ccccc1-c1ccc2c(c1)C1(c3ccccc3-2)c2ccccc2-c2ccc(-c3ccccc3N(c3ccc(-c4ccccc4)cc3)c3ccc4c(c3)C(C)(C)c3ccccc3-4)cc21.C=Cc1ccccc1-c1ccc2c(c1)C1(c3ccccc3-c3ccc(-c4cccc(N(c5ccc(-c6ccccc6)cc5)c5ccc6c(c5)C(C)(C)c5ccccc5-6)c4)cc31)c1ccccc1-2. The highest BCUT2D eigenvalue weighted by atomic mass is 15.1. The molecular formula is C132H94N2. The largest absolute Gasteiger partial charge is 0.310 e. The van der Waals surface area contributed by atoms with Gasteiger partial charge in [-0.05, 0) is 297 Å². The van der Waals surface area contributed by atoms with Crippen LogP contribution in [0.2, 0.25) is 0 Å². The Morgan fingerprint density at radius 1 is 0.164 bits per heavy atom. The molecule has 2 spiro atoms. The summed E-state index contributed by atoms with van der Waals surface area (Å²) in [7, 11) is 0. The van der Waals surface area contributed by atoms with Crippen LogP contribution in [0, 0.1) is 0 Å². The molecule has 6 aliphatic carbocycles. The van der Waals surface area contributed by atoms with Crippen LogP contribution in [0.25, 0.3) is 146 Å². The molecule has 2 unspecified atom stereocenters. The number of para-hydroxylation sites is 1. The average molecular weight is 1710 g/mol. The first-order valence-electron chi connectivity index (χ1n) is 46.9. The van der Waals surface area contributed by atoms with Crippen molar-refractivity contribution in [3.63, 3.8) is 0 Å². The first-order chi connectivity index (χ1) is 65.9. The highest BCUT2D eigenvalue weighted by Gasteiger charge is 2.54. The van der Waals surface area contributed by atoms with E-state index in [0.29, 0.717) is 0 Å². The summed E-state index contributed by atoms with van der Waals surface area (Å²) < 4.78 is 0. The number of hydrogen-bond acceptors (Lipinski definition) is 2. The second kappa shape index (κ2) is 31.1. The lowest BCUT2D eigenvalue weighted by molar-refractivity contribution is 0.660. The normalized spacial score (nSPS) is 15.3. The van der Waals surface area contributed by atoms with Crippen molar-refractivity contribution in [3.05, 3.63) is 552 Å². The van der Waals surface area contributed by atoms with E-state index >= 15 is 0 Å². The summed E-state index contributed by atoms with van der Waals surface area (Å²) in [6.45, 7) is 17.8. The van der Waals surface area contributed by atoms with E-state index in [4.69, 9.17) is 0 Å². The number of rotatable bonds is 14. The molecule has 26 rings (SSSR count). The van der Waals surface area contributed by atoms with Crippen LogP contribution in [0.15, 0.2) is 474 Å². The van der Waals surface area contributed by atoms with Gasteiger partial charge in [-0.2, -0.15) is 0 Å². The van der Waals surface area contributed by atoms with E-state index in [2.05, 4.69) is 512 Å². The predicted molar refractivity (Wildman–Crippen MR) is 563 cm³/mol. The van der Waals surface area contributed by atoms with E-state index in [-0.39, 0.29) is 10.8 Å².